The van der Waals surface area contributed by atoms with Gasteiger partial charge in [0, 0.05) is 12.3 Å². The molecular formula is C11H12ClN3O. The van der Waals surface area contributed by atoms with E-state index in [-0.39, 0.29) is 5.69 Å². The van der Waals surface area contributed by atoms with Gasteiger partial charge in [-0.3, -0.25) is 4.98 Å². The van der Waals surface area contributed by atoms with Crippen LogP contribution in [0.1, 0.15) is 18.3 Å². The van der Waals surface area contributed by atoms with Gasteiger partial charge in [0.25, 0.3) is 0 Å². The molecule has 1 aromatic heterocycles. The highest BCUT2D eigenvalue weighted by Crippen LogP contribution is 2.08. The predicted octanol–water partition coefficient (Wildman–Crippen LogP) is 1.86. The Kier molecular flexibility index (Phi) is 3.10. The first kappa shape index (κ1) is 11.0. The molecule has 4 nitrogen and oxygen atoms in total. The number of hydrogen-bond donors (Lipinski definition) is 1. The van der Waals surface area contributed by atoms with Gasteiger partial charge in [0.15, 0.2) is 0 Å². The molecule has 2 aromatic rings. The van der Waals surface area contributed by atoms with Gasteiger partial charge in [-0.25, -0.2) is 4.79 Å². The van der Waals surface area contributed by atoms with Gasteiger partial charge in [0.1, 0.15) is 5.82 Å². The van der Waals surface area contributed by atoms with Crippen LogP contribution in [0, 0.1) is 0 Å². The molecule has 5 heteroatoms. The van der Waals surface area contributed by atoms with Gasteiger partial charge in [-0.2, -0.15) is 9.78 Å². The molecule has 0 amide bonds. The summed E-state index contributed by atoms with van der Waals surface area (Å²) in [5, 5.41) is 4.17. The number of aryl methyl sites for hydroxylation is 1. The third-order valence-corrected chi connectivity index (χ3v) is 2.64. The SMILES string of the molecule is CCc1nn(-c2ccc(CCl)cc2)c(=O)[nH]1. The van der Waals surface area contributed by atoms with Gasteiger partial charge in [-0.05, 0) is 17.7 Å². The molecule has 0 aliphatic heterocycles. The fourth-order valence-electron chi connectivity index (χ4n) is 1.43. The third kappa shape index (κ3) is 2.02. The maximum Gasteiger partial charge on any atom is 0.348 e. The molecule has 16 heavy (non-hydrogen) atoms. The number of rotatable bonds is 3. The summed E-state index contributed by atoms with van der Waals surface area (Å²) in [5.41, 5.74) is 1.55. The molecule has 0 bridgehead atoms. The lowest BCUT2D eigenvalue weighted by Gasteiger charge is -2.00. The van der Waals surface area contributed by atoms with E-state index in [9.17, 15) is 4.79 Å². The average molecular weight is 238 g/mol. The maximum atomic E-state index is 11.6. The van der Waals surface area contributed by atoms with E-state index in [1.54, 1.807) is 0 Å². The molecule has 0 unspecified atom stereocenters. The second-order valence-corrected chi connectivity index (χ2v) is 3.71. The number of hydrogen-bond acceptors (Lipinski definition) is 2. The Balaban J connectivity index is 2.42. The van der Waals surface area contributed by atoms with Crippen LogP contribution in [0.3, 0.4) is 0 Å². The first-order valence-electron chi connectivity index (χ1n) is 5.08. The molecule has 2 rings (SSSR count). The zero-order valence-electron chi connectivity index (χ0n) is 8.90. The number of benzene rings is 1. The van der Waals surface area contributed by atoms with Crippen molar-refractivity contribution in [3.8, 4) is 5.69 Å². The Morgan fingerprint density at radius 3 is 2.56 bits per heavy atom. The number of nitrogens with one attached hydrogen (secondary N) is 1. The van der Waals surface area contributed by atoms with Gasteiger partial charge in [0.05, 0.1) is 5.69 Å². The number of nitrogens with zero attached hydrogens (tertiary/aromatic N) is 2. The van der Waals surface area contributed by atoms with Crippen LogP contribution in [-0.2, 0) is 12.3 Å². The molecule has 0 aliphatic carbocycles. The highest BCUT2D eigenvalue weighted by molar-refractivity contribution is 6.17. The van der Waals surface area contributed by atoms with Crippen molar-refractivity contribution in [2.24, 2.45) is 0 Å². The second-order valence-electron chi connectivity index (χ2n) is 3.44. The van der Waals surface area contributed by atoms with E-state index in [0.717, 1.165) is 11.3 Å². The van der Waals surface area contributed by atoms with Gasteiger partial charge < -0.3 is 0 Å². The average Bonchev–Trinajstić information content (AvgIpc) is 2.71. The smallest absolute Gasteiger partial charge is 0.292 e. The molecule has 0 saturated heterocycles. The summed E-state index contributed by atoms with van der Waals surface area (Å²) in [6, 6.07) is 7.43. The largest absolute Gasteiger partial charge is 0.348 e. The first-order chi connectivity index (χ1) is 7.74. The van der Waals surface area contributed by atoms with E-state index in [1.165, 1.54) is 4.68 Å². The van der Waals surface area contributed by atoms with Crippen molar-refractivity contribution in [2.45, 2.75) is 19.2 Å². The summed E-state index contributed by atoms with van der Waals surface area (Å²) in [5.74, 6) is 1.15. The number of aromatic amines is 1. The van der Waals surface area contributed by atoms with E-state index in [4.69, 9.17) is 11.6 Å². The molecule has 0 saturated carbocycles. The molecule has 0 spiro atoms. The zero-order chi connectivity index (χ0) is 11.5. The fraction of sp³-hybridized carbons (Fsp3) is 0.273. The maximum absolute atomic E-state index is 11.6. The van der Waals surface area contributed by atoms with Crippen LogP contribution < -0.4 is 5.69 Å². The van der Waals surface area contributed by atoms with E-state index in [1.807, 2.05) is 31.2 Å². The first-order valence-corrected chi connectivity index (χ1v) is 5.61. The Labute approximate surface area is 97.9 Å². The number of H-pyrrole nitrogens is 1. The molecule has 1 N–H and O–H groups in total. The zero-order valence-corrected chi connectivity index (χ0v) is 9.66. The molecule has 0 fully saturated rings. The van der Waals surface area contributed by atoms with Crippen molar-refractivity contribution in [1.82, 2.24) is 14.8 Å². The standard InChI is InChI=1S/C11H12ClN3O/c1-2-10-13-11(16)15(14-10)9-5-3-8(7-12)4-6-9/h3-6H,2,7H2,1H3,(H,13,14,16). The summed E-state index contributed by atoms with van der Waals surface area (Å²) >= 11 is 5.69. The summed E-state index contributed by atoms with van der Waals surface area (Å²) in [6.45, 7) is 1.94. The predicted molar refractivity (Wildman–Crippen MR) is 63.1 cm³/mol. The highest BCUT2D eigenvalue weighted by Gasteiger charge is 2.05. The molecule has 1 heterocycles. The third-order valence-electron chi connectivity index (χ3n) is 2.33. The number of aromatic nitrogens is 3. The molecule has 0 aliphatic rings. The van der Waals surface area contributed by atoms with Crippen molar-refractivity contribution in [2.75, 3.05) is 0 Å². The van der Waals surface area contributed by atoms with Crippen LogP contribution in [0.25, 0.3) is 5.69 Å². The normalized spacial score (nSPS) is 10.6. The van der Waals surface area contributed by atoms with Crippen LogP contribution in [0.2, 0.25) is 0 Å². The number of halogens is 1. The highest BCUT2D eigenvalue weighted by atomic mass is 35.5. The van der Waals surface area contributed by atoms with E-state index < -0.39 is 0 Å². The van der Waals surface area contributed by atoms with E-state index in [0.29, 0.717) is 18.1 Å². The molecular weight excluding hydrogens is 226 g/mol. The van der Waals surface area contributed by atoms with Crippen LogP contribution in [-0.4, -0.2) is 14.8 Å². The lowest BCUT2D eigenvalue weighted by atomic mass is 10.2. The van der Waals surface area contributed by atoms with E-state index >= 15 is 0 Å². The van der Waals surface area contributed by atoms with Crippen LogP contribution in [0.15, 0.2) is 29.1 Å². The fourth-order valence-corrected chi connectivity index (χ4v) is 1.61. The summed E-state index contributed by atoms with van der Waals surface area (Å²) in [6.07, 6.45) is 0.710. The van der Waals surface area contributed by atoms with Gasteiger partial charge in [-0.15, -0.1) is 11.6 Å². The molecule has 0 atom stereocenters. The molecule has 1 aromatic carbocycles. The van der Waals surface area contributed by atoms with Crippen molar-refractivity contribution >= 4 is 11.6 Å². The quantitative estimate of drug-likeness (QED) is 0.829. The second kappa shape index (κ2) is 4.53. The van der Waals surface area contributed by atoms with Crippen LogP contribution >= 0.6 is 11.6 Å². The Morgan fingerprint density at radius 1 is 1.38 bits per heavy atom. The summed E-state index contributed by atoms with van der Waals surface area (Å²) in [4.78, 5) is 14.3. The number of alkyl halides is 1. The van der Waals surface area contributed by atoms with Gasteiger partial charge in [0.2, 0.25) is 0 Å². The van der Waals surface area contributed by atoms with Crippen molar-refractivity contribution in [3.05, 3.63) is 46.1 Å². The van der Waals surface area contributed by atoms with Crippen molar-refractivity contribution in [1.29, 1.82) is 0 Å². The minimum Gasteiger partial charge on any atom is -0.292 e. The van der Waals surface area contributed by atoms with Crippen LogP contribution in [0.4, 0.5) is 0 Å². The molecule has 0 radical (unpaired) electrons. The van der Waals surface area contributed by atoms with Gasteiger partial charge in [-0.1, -0.05) is 19.1 Å². The molecule has 84 valence electrons. The summed E-state index contributed by atoms with van der Waals surface area (Å²) in [7, 11) is 0. The Hall–Kier alpha value is -1.55. The van der Waals surface area contributed by atoms with E-state index in [2.05, 4.69) is 10.1 Å². The van der Waals surface area contributed by atoms with Crippen molar-refractivity contribution in [3.63, 3.8) is 0 Å². The monoisotopic (exact) mass is 237 g/mol. The summed E-state index contributed by atoms with van der Waals surface area (Å²) < 4.78 is 1.36. The topological polar surface area (TPSA) is 50.7 Å². The lowest BCUT2D eigenvalue weighted by Crippen LogP contribution is -2.15. The van der Waals surface area contributed by atoms with Crippen LogP contribution in [0.5, 0.6) is 0 Å². The minimum absolute atomic E-state index is 0.213. The lowest BCUT2D eigenvalue weighted by molar-refractivity contribution is 0.819. The minimum atomic E-state index is -0.213. The van der Waals surface area contributed by atoms with Gasteiger partial charge >= 0.3 is 5.69 Å². The van der Waals surface area contributed by atoms with Crippen molar-refractivity contribution < 1.29 is 0 Å². The Morgan fingerprint density at radius 2 is 2.06 bits per heavy atom. The Bertz CT molecular complexity index is 527.